The molecule has 0 spiro atoms. The van der Waals surface area contributed by atoms with Crippen LogP contribution >= 0.6 is 0 Å². The van der Waals surface area contributed by atoms with Crippen LogP contribution in [0.5, 0.6) is 0 Å². The average molecular weight is 183 g/mol. The third kappa shape index (κ3) is 2.54. The summed E-state index contributed by atoms with van der Waals surface area (Å²) in [5, 5.41) is 2.68. The van der Waals surface area contributed by atoms with E-state index in [0.29, 0.717) is 0 Å². The lowest BCUT2D eigenvalue weighted by atomic mass is 9.88. The molecular formula is C10H17NO2. The van der Waals surface area contributed by atoms with Crippen LogP contribution in [0.3, 0.4) is 0 Å². The fourth-order valence-electron chi connectivity index (χ4n) is 1.80. The topological polar surface area (TPSA) is 46.2 Å². The lowest BCUT2D eigenvalue weighted by Gasteiger charge is -2.21. The molecule has 0 aromatic carbocycles. The molecule has 0 bridgehead atoms. The van der Waals surface area contributed by atoms with E-state index in [2.05, 4.69) is 5.32 Å². The van der Waals surface area contributed by atoms with E-state index in [9.17, 15) is 9.59 Å². The summed E-state index contributed by atoms with van der Waals surface area (Å²) in [5.41, 5.74) is -0.213. The molecule has 0 aromatic rings. The molecule has 1 amide bonds. The van der Waals surface area contributed by atoms with Crippen molar-refractivity contribution >= 4 is 11.7 Å². The molecule has 1 aliphatic carbocycles. The summed E-state index contributed by atoms with van der Waals surface area (Å²) < 4.78 is 0. The summed E-state index contributed by atoms with van der Waals surface area (Å²) >= 11 is 0. The van der Waals surface area contributed by atoms with E-state index in [1.54, 1.807) is 0 Å². The van der Waals surface area contributed by atoms with Gasteiger partial charge in [0.25, 0.3) is 0 Å². The number of hydrogen-bond acceptors (Lipinski definition) is 2. The molecule has 3 nitrogen and oxygen atoms in total. The van der Waals surface area contributed by atoms with Crippen LogP contribution in [-0.4, -0.2) is 18.2 Å². The van der Waals surface area contributed by atoms with Crippen molar-refractivity contribution in [3.8, 4) is 0 Å². The van der Waals surface area contributed by atoms with Gasteiger partial charge >= 0.3 is 0 Å². The number of carbonyl (C=O) groups excluding carboxylic acids is 2. The predicted octanol–water partition coefficient (Wildman–Crippen LogP) is 1.27. The Bertz CT molecular complexity index is 217. The highest BCUT2D eigenvalue weighted by atomic mass is 16.2. The Balaban J connectivity index is 2.42. The van der Waals surface area contributed by atoms with Gasteiger partial charge in [-0.1, -0.05) is 19.8 Å². The summed E-state index contributed by atoms with van der Waals surface area (Å²) in [5.74, 6) is 0.0511. The first kappa shape index (κ1) is 10.2. The minimum absolute atomic E-state index is 0.00921. The zero-order valence-corrected chi connectivity index (χ0v) is 8.35. The molecule has 1 saturated carbocycles. The SMILES string of the molecule is CC(=O)CNC(=O)C1(C)CCCC1. The Kier molecular flexibility index (Phi) is 3.07. The third-order valence-electron chi connectivity index (χ3n) is 2.75. The predicted molar refractivity (Wildman–Crippen MR) is 50.3 cm³/mol. The molecule has 3 heteroatoms. The van der Waals surface area contributed by atoms with Gasteiger partial charge in [-0.25, -0.2) is 0 Å². The van der Waals surface area contributed by atoms with Crippen LogP contribution in [0.1, 0.15) is 39.5 Å². The zero-order valence-electron chi connectivity index (χ0n) is 8.35. The van der Waals surface area contributed by atoms with Crippen molar-refractivity contribution < 1.29 is 9.59 Å². The quantitative estimate of drug-likeness (QED) is 0.716. The van der Waals surface area contributed by atoms with Crippen molar-refractivity contribution in [2.75, 3.05) is 6.54 Å². The molecule has 0 aliphatic heterocycles. The molecule has 74 valence electrons. The first-order valence-electron chi connectivity index (χ1n) is 4.82. The molecule has 0 heterocycles. The monoisotopic (exact) mass is 183 g/mol. The number of ketones is 1. The number of Topliss-reactive ketones (excluding diaryl/α,β-unsaturated/α-hetero) is 1. The van der Waals surface area contributed by atoms with Gasteiger partial charge in [0.1, 0.15) is 5.78 Å². The largest absolute Gasteiger partial charge is 0.349 e. The second kappa shape index (κ2) is 3.90. The molecule has 0 unspecified atom stereocenters. The highest BCUT2D eigenvalue weighted by molar-refractivity contribution is 5.87. The Labute approximate surface area is 78.9 Å². The van der Waals surface area contributed by atoms with E-state index >= 15 is 0 Å². The highest BCUT2D eigenvalue weighted by Gasteiger charge is 2.35. The van der Waals surface area contributed by atoms with Gasteiger partial charge < -0.3 is 5.32 Å². The van der Waals surface area contributed by atoms with Crippen molar-refractivity contribution in [3.05, 3.63) is 0 Å². The van der Waals surface area contributed by atoms with Gasteiger partial charge in [0.15, 0.2) is 0 Å². The molecule has 1 aliphatic rings. The standard InChI is InChI=1S/C10H17NO2/c1-8(12)7-11-9(13)10(2)5-3-4-6-10/h3-7H2,1-2H3,(H,11,13). The molecule has 1 fully saturated rings. The number of rotatable bonds is 3. The average Bonchev–Trinajstić information content (AvgIpc) is 2.49. The summed E-state index contributed by atoms with van der Waals surface area (Å²) in [4.78, 5) is 22.3. The summed E-state index contributed by atoms with van der Waals surface area (Å²) in [6, 6.07) is 0. The van der Waals surface area contributed by atoms with Gasteiger partial charge in [-0.3, -0.25) is 9.59 Å². The van der Waals surface area contributed by atoms with Gasteiger partial charge in [0, 0.05) is 5.41 Å². The summed E-state index contributed by atoms with van der Waals surface area (Å²) in [6.07, 6.45) is 4.17. The van der Waals surface area contributed by atoms with Gasteiger partial charge in [0.05, 0.1) is 6.54 Å². The maximum atomic E-state index is 11.6. The van der Waals surface area contributed by atoms with Crippen molar-refractivity contribution in [2.45, 2.75) is 39.5 Å². The van der Waals surface area contributed by atoms with E-state index in [0.717, 1.165) is 25.7 Å². The molecule has 0 radical (unpaired) electrons. The van der Waals surface area contributed by atoms with Crippen molar-refractivity contribution in [3.63, 3.8) is 0 Å². The van der Waals surface area contributed by atoms with Crippen LogP contribution in [0.4, 0.5) is 0 Å². The Morgan fingerprint density at radius 3 is 2.31 bits per heavy atom. The fraction of sp³-hybridized carbons (Fsp3) is 0.800. The Morgan fingerprint density at radius 1 is 1.31 bits per heavy atom. The lowest BCUT2D eigenvalue weighted by molar-refractivity contribution is -0.131. The molecule has 0 aromatic heterocycles. The van der Waals surface area contributed by atoms with Gasteiger partial charge in [-0.2, -0.15) is 0 Å². The van der Waals surface area contributed by atoms with Crippen LogP contribution in [0.2, 0.25) is 0 Å². The van der Waals surface area contributed by atoms with E-state index in [-0.39, 0.29) is 23.7 Å². The smallest absolute Gasteiger partial charge is 0.226 e. The van der Waals surface area contributed by atoms with Crippen molar-refractivity contribution in [2.24, 2.45) is 5.41 Å². The molecular weight excluding hydrogens is 166 g/mol. The maximum absolute atomic E-state index is 11.6. The van der Waals surface area contributed by atoms with Crippen molar-refractivity contribution in [1.29, 1.82) is 0 Å². The first-order valence-corrected chi connectivity index (χ1v) is 4.82. The molecule has 0 atom stereocenters. The zero-order chi connectivity index (χ0) is 9.90. The van der Waals surface area contributed by atoms with E-state index in [1.165, 1.54) is 6.92 Å². The van der Waals surface area contributed by atoms with Crippen LogP contribution in [0.15, 0.2) is 0 Å². The number of hydrogen-bond donors (Lipinski definition) is 1. The molecule has 13 heavy (non-hydrogen) atoms. The van der Waals surface area contributed by atoms with Crippen LogP contribution < -0.4 is 5.32 Å². The molecule has 0 saturated heterocycles. The highest BCUT2D eigenvalue weighted by Crippen LogP contribution is 2.37. The minimum atomic E-state index is -0.213. The van der Waals surface area contributed by atoms with E-state index in [1.807, 2.05) is 6.92 Å². The number of carbonyl (C=O) groups is 2. The van der Waals surface area contributed by atoms with Crippen LogP contribution in [0, 0.1) is 5.41 Å². The van der Waals surface area contributed by atoms with Crippen LogP contribution in [-0.2, 0) is 9.59 Å². The van der Waals surface area contributed by atoms with E-state index in [4.69, 9.17) is 0 Å². The van der Waals surface area contributed by atoms with E-state index < -0.39 is 0 Å². The lowest BCUT2D eigenvalue weighted by Crippen LogP contribution is -2.39. The second-order valence-electron chi connectivity index (χ2n) is 4.15. The third-order valence-corrected chi connectivity index (χ3v) is 2.75. The van der Waals surface area contributed by atoms with Crippen molar-refractivity contribution in [1.82, 2.24) is 5.32 Å². The fourth-order valence-corrected chi connectivity index (χ4v) is 1.80. The number of nitrogens with one attached hydrogen (secondary N) is 1. The molecule has 1 N–H and O–H groups in total. The normalized spacial score (nSPS) is 19.8. The Morgan fingerprint density at radius 2 is 1.85 bits per heavy atom. The van der Waals surface area contributed by atoms with Gasteiger partial charge in [0.2, 0.25) is 5.91 Å². The minimum Gasteiger partial charge on any atom is -0.349 e. The van der Waals surface area contributed by atoms with Gasteiger partial charge in [-0.15, -0.1) is 0 Å². The van der Waals surface area contributed by atoms with Gasteiger partial charge in [-0.05, 0) is 19.8 Å². The van der Waals surface area contributed by atoms with Crippen LogP contribution in [0.25, 0.3) is 0 Å². The number of amides is 1. The summed E-state index contributed by atoms with van der Waals surface area (Å²) in [7, 11) is 0. The first-order chi connectivity index (χ1) is 6.04. The summed E-state index contributed by atoms with van der Waals surface area (Å²) in [6.45, 7) is 3.64. The molecule has 1 rings (SSSR count). The Hall–Kier alpha value is -0.860. The second-order valence-corrected chi connectivity index (χ2v) is 4.15. The maximum Gasteiger partial charge on any atom is 0.226 e.